The van der Waals surface area contributed by atoms with Crippen molar-refractivity contribution >= 4 is 21.8 Å². The van der Waals surface area contributed by atoms with Gasteiger partial charge >= 0.3 is 0 Å². The summed E-state index contributed by atoms with van der Waals surface area (Å²) in [5, 5.41) is 2.73. The Bertz CT molecular complexity index is 925. The van der Waals surface area contributed by atoms with E-state index >= 15 is 0 Å². The van der Waals surface area contributed by atoms with E-state index in [0.29, 0.717) is 30.7 Å². The van der Waals surface area contributed by atoms with Gasteiger partial charge in [0.05, 0.1) is 10.9 Å². The summed E-state index contributed by atoms with van der Waals surface area (Å²) in [5.74, 6) is 1.80. The Balaban J connectivity index is 1.82. The molecule has 0 radical (unpaired) electrons. The highest BCUT2D eigenvalue weighted by Crippen LogP contribution is 2.30. The van der Waals surface area contributed by atoms with Crippen LogP contribution in [-0.4, -0.2) is 51.0 Å². The van der Waals surface area contributed by atoms with Gasteiger partial charge in [-0.1, -0.05) is 0 Å². The molecule has 9 heteroatoms. The number of aromatic nitrogens is 4. The molecule has 3 heterocycles. The number of nitrogens with one attached hydrogen (secondary N) is 1. The molecular formula is C18H26N6O2S. The molecule has 146 valence electrons. The van der Waals surface area contributed by atoms with E-state index in [9.17, 15) is 8.42 Å². The van der Waals surface area contributed by atoms with Gasteiger partial charge in [-0.25, -0.2) is 32.7 Å². The highest BCUT2D eigenvalue weighted by molar-refractivity contribution is 7.89. The van der Waals surface area contributed by atoms with Crippen LogP contribution in [0.15, 0.2) is 12.1 Å². The maximum atomic E-state index is 12.4. The molecule has 0 saturated carbocycles. The highest BCUT2D eigenvalue weighted by atomic mass is 32.2. The topological polar surface area (TPSA) is 101 Å². The summed E-state index contributed by atoms with van der Waals surface area (Å²) in [6.07, 6.45) is 0.752. The summed E-state index contributed by atoms with van der Waals surface area (Å²) in [5.41, 5.74) is 2.60. The van der Waals surface area contributed by atoms with Crippen molar-refractivity contribution in [3.8, 4) is 0 Å². The maximum Gasteiger partial charge on any atom is 0.228 e. The van der Waals surface area contributed by atoms with Crippen LogP contribution in [0, 0.1) is 20.8 Å². The van der Waals surface area contributed by atoms with E-state index in [2.05, 4.69) is 25.3 Å². The lowest BCUT2D eigenvalue weighted by atomic mass is 10.0. The van der Waals surface area contributed by atoms with Gasteiger partial charge < -0.3 is 5.32 Å². The summed E-state index contributed by atoms with van der Waals surface area (Å²) in [6.45, 7) is 10.1. The Kier molecular flexibility index (Phi) is 5.43. The molecule has 3 rings (SSSR count). The molecule has 0 spiro atoms. The van der Waals surface area contributed by atoms with Crippen molar-refractivity contribution in [2.75, 3.05) is 18.4 Å². The van der Waals surface area contributed by atoms with Gasteiger partial charge in [0.2, 0.25) is 16.0 Å². The highest BCUT2D eigenvalue weighted by Gasteiger charge is 2.34. The van der Waals surface area contributed by atoms with Gasteiger partial charge in [0, 0.05) is 36.5 Å². The molecule has 1 aliphatic rings. The molecule has 2 aromatic rings. The second-order valence-electron chi connectivity index (χ2n) is 7.26. The summed E-state index contributed by atoms with van der Waals surface area (Å²) >= 11 is 0. The van der Waals surface area contributed by atoms with E-state index in [-0.39, 0.29) is 5.92 Å². The lowest BCUT2D eigenvalue weighted by Gasteiger charge is -2.19. The summed E-state index contributed by atoms with van der Waals surface area (Å²) in [6, 6.07) is 3.77. The van der Waals surface area contributed by atoms with Crippen LogP contribution in [0.25, 0.3) is 0 Å². The fourth-order valence-corrected chi connectivity index (χ4v) is 4.60. The van der Waals surface area contributed by atoms with Crippen LogP contribution in [0.5, 0.6) is 0 Å². The first-order chi connectivity index (χ1) is 12.6. The Morgan fingerprint density at radius 3 is 2.37 bits per heavy atom. The first-order valence-corrected chi connectivity index (χ1v) is 10.6. The first-order valence-electron chi connectivity index (χ1n) is 9.09. The van der Waals surface area contributed by atoms with Crippen molar-refractivity contribution in [3.05, 3.63) is 35.0 Å². The molecule has 0 aliphatic carbocycles. The molecule has 27 heavy (non-hydrogen) atoms. The van der Waals surface area contributed by atoms with Crippen molar-refractivity contribution in [1.29, 1.82) is 0 Å². The average Bonchev–Trinajstić information content (AvgIpc) is 3.03. The first kappa shape index (κ1) is 19.6. The molecule has 1 fully saturated rings. The molecule has 1 saturated heterocycles. The number of anilines is 2. The van der Waals surface area contributed by atoms with Crippen LogP contribution in [0.2, 0.25) is 0 Å². The van der Waals surface area contributed by atoms with Gasteiger partial charge in [-0.15, -0.1) is 0 Å². The molecule has 0 amide bonds. The number of sulfonamides is 1. The van der Waals surface area contributed by atoms with E-state index < -0.39 is 15.3 Å². The van der Waals surface area contributed by atoms with E-state index in [0.717, 1.165) is 23.5 Å². The average molecular weight is 391 g/mol. The second-order valence-corrected chi connectivity index (χ2v) is 9.75. The van der Waals surface area contributed by atoms with Crippen LogP contribution in [-0.2, 0) is 10.0 Å². The number of nitrogens with zero attached hydrogens (tertiary/aromatic N) is 5. The fraction of sp³-hybridized carbons (Fsp3) is 0.556. The maximum absolute atomic E-state index is 12.4. The smallest absolute Gasteiger partial charge is 0.228 e. The molecule has 1 atom stereocenters. The van der Waals surface area contributed by atoms with Crippen LogP contribution in [0.4, 0.5) is 11.8 Å². The lowest BCUT2D eigenvalue weighted by molar-refractivity contribution is 0.465. The van der Waals surface area contributed by atoms with Crippen molar-refractivity contribution < 1.29 is 8.42 Å². The largest absolute Gasteiger partial charge is 0.309 e. The summed E-state index contributed by atoms with van der Waals surface area (Å²) in [7, 11) is -3.24. The molecular weight excluding hydrogens is 364 g/mol. The summed E-state index contributed by atoms with van der Waals surface area (Å²) < 4.78 is 26.4. The predicted molar refractivity (Wildman–Crippen MR) is 105 cm³/mol. The number of aryl methyl sites for hydroxylation is 3. The molecule has 1 aliphatic heterocycles. The molecule has 0 unspecified atom stereocenters. The monoisotopic (exact) mass is 390 g/mol. The summed E-state index contributed by atoms with van der Waals surface area (Å²) in [4.78, 5) is 17.7. The van der Waals surface area contributed by atoms with Crippen molar-refractivity contribution in [2.45, 2.75) is 52.2 Å². The van der Waals surface area contributed by atoms with Crippen LogP contribution in [0.3, 0.4) is 0 Å². The standard InChI is InChI=1S/C18H26N6O2S/c1-11(2)27(25,26)24-7-6-15(10-24)16-9-17(22-14(5)21-16)23-18-19-12(3)8-13(4)20-18/h8-9,11,15H,6-7,10H2,1-5H3,(H,19,20,21,22,23)/t15-/m1/s1. The minimum Gasteiger partial charge on any atom is -0.309 e. The molecule has 1 N–H and O–H groups in total. The van der Waals surface area contributed by atoms with Gasteiger partial charge in [0.15, 0.2) is 0 Å². The van der Waals surface area contributed by atoms with Crippen LogP contribution >= 0.6 is 0 Å². The Morgan fingerprint density at radius 2 is 1.74 bits per heavy atom. The second kappa shape index (κ2) is 7.47. The van der Waals surface area contributed by atoms with Crippen molar-refractivity contribution in [3.63, 3.8) is 0 Å². The zero-order chi connectivity index (χ0) is 19.8. The molecule has 0 aromatic carbocycles. The van der Waals surface area contributed by atoms with Gasteiger partial charge in [-0.3, -0.25) is 0 Å². The number of hydrogen-bond donors (Lipinski definition) is 1. The van der Waals surface area contributed by atoms with E-state index in [1.807, 2.05) is 32.9 Å². The van der Waals surface area contributed by atoms with E-state index in [4.69, 9.17) is 0 Å². The third-order valence-corrected chi connectivity index (χ3v) is 6.85. The predicted octanol–water partition coefficient (Wildman–Crippen LogP) is 2.46. The normalized spacial score (nSPS) is 18.2. The molecule has 2 aromatic heterocycles. The van der Waals surface area contributed by atoms with Gasteiger partial charge in [0.1, 0.15) is 11.6 Å². The van der Waals surface area contributed by atoms with Gasteiger partial charge in [0.25, 0.3) is 0 Å². The third-order valence-electron chi connectivity index (χ3n) is 4.60. The van der Waals surface area contributed by atoms with E-state index in [1.165, 1.54) is 0 Å². The minimum absolute atomic E-state index is 0.0564. The van der Waals surface area contributed by atoms with E-state index in [1.54, 1.807) is 18.2 Å². The van der Waals surface area contributed by atoms with Crippen LogP contribution < -0.4 is 5.32 Å². The third kappa shape index (κ3) is 4.41. The lowest BCUT2D eigenvalue weighted by Crippen LogP contribution is -2.34. The fourth-order valence-electron chi connectivity index (χ4n) is 3.26. The van der Waals surface area contributed by atoms with Crippen molar-refractivity contribution in [1.82, 2.24) is 24.2 Å². The molecule has 0 bridgehead atoms. The Labute approximate surface area is 160 Å². The minimum atomic E-state index is -3.24. The number of rotatable bonds is 5. The van der Waals surface area contributed by atoms with Crippen LogP contribution in [0.1, 0.15) is 49.1 Å². The molecule has 8 nitrogen and oxygen atoms in total. The number of hydrogen-bond acceptors (Lipinski definition) is 7. The SMILES string of the molecule is Cc1cc(C)nc(Nc2cc([C@@H]3CCN(S(=O)(=O)C(C)C)C3)nc(C)n2)n1. The Hall–Kier alpha value is -2.13. The van der Waals surface area contributed by atoms with Crippen molar-refractivity contribution in [2.24, 2.45) is 0 Å². The zero-order valence-electron chi connectivity index (χ0n) is 16.4. The van der Waals surface area contributed by atoms with Gasteiger partial charge in [-0.05, 0) is 47.1 Å². The quantitative estimate of drug-likeness (QED) is 0.837. The zero-order valence-corrected chi connectivity index (χ0v) is 17.2. The Morgan fingerprint density at radius 1 is 1.07 bits per heavy atom. The van der Waals surface area contributed by atoms with Gasteiger partial charge in [-0.2, -0.15) is 0 Å².